The maximum absolute atomic E-state index is 12.3. The minimum atomic E-state index is -4.16. The Kier molecular flexibility index (Phi) is 4.78. The van der Waals surface area contributed by atoms with Crippen LogP contribution >= 0.6 is 11.6 Å². The number of aliphatic hydroxyl groups is 1. The van der Waals surface area contributed by atoms with Crippen LogP contribution in [-0.2, 0) is 6.61 Å². The first-order chi connectivity index (χ1) is 9.39. The topological polar surface area (TPSA) is 26.7 Å². The van der Waals surface area contributed by atoms with Crippen molar-refractivity contribution in [1.29, 1.82) is 0 Å². The van der Waals surface area contributed by atoms with Gasteiger partial charge in [0.05, 0.1) is 13.2 Å². The normalized spacial score (nSPS) is 17.6. The zero-order valence-corrected chi connectivity index (χ0v) is 11.6. The van der Waals surface area contributed by atoms with Crippen molar-refractivity contribution in [2.45, 2.75) is 12.8 Å². The van der Waals surface area contributed by atoms with Gasteiger partial charge in [0.2, 0.25) is 0 Å². The highest BCUT2D eigenvalue weighted by molar-refractivity contribution is 6.30. The summed E-state index contributed by atoms with van der Waals surface area (Å²) >= 11 is 5.94. The van der Waals surface area contributed by atoms with E-state index in [1.807, 2.05) is 4.90 Å². The van der Waals surface area contributed by atoms with Gasteiger partial charge in [-0.15, -0.1) is 0 Å². The predicted octanol–water partition coefficient (Wildman–Crippen LogP) is 2.52. The Balaban J connectivity index is 2.02. The third-order valence-electron chi connectivity index (χ3n) is 3.33. The minimum Gasteiger partial charge on any atom is -0.392 e. The van der Waals surface area contributed by atoms with Crippen molar-refractivity contribution >= 4 is 17.3 Å². The van der Waals surface area contributed by atoms with Gasteiger partial charge in [0.15, 0.2) is 0 Å². The maximum atomic E-state index is 12.3. The van der Waals surface area contributed by atoms with Gasteiger partial charge in [-0.1, -0.05) is 17.7 Å². The van der Waals surface area contributed by atoms with Crippen LogP contribution in [0.3, 0.4) is 0 Å². The molecule has 1 aliphatic heterocycles. The number of hydrogen-bond donors (Lipinski definition) is 1. The summed E-state index contributed by atoms with van der Waals surface area (Å²) in [7, 11) is 0. The molecule has 7 heteroatoms. The number of halogens is 4. The lowest BCUT2D eigenvalue weighted by atomic mass is 10.1. The van der Waals surface area contributed by atoms with Gasteiger partial charge in [-0.25, -0.2) is 0 Å². The van der Waals surface area contributed by atoms with E-state index in [1.54, 1.807) is 18.2 Å². The molecule has 1 N–H and O–H groups in total. The van der Waals surface area contributed by atoms with Crippen LogP contribution in [0.5, 0.6) is 0 Å². The minimum absolute atomic E-state index is 0.116. The van der Waals surface area contributed by atoms with Crippen LogP contribution in [0.25, 0.3) is 0 Å². The molecule has 1 saturated heterocycles. The number of rotatable bonds is 3. The molecule has 0 spiro atoms. The van der Waals surface area contributed by atoms with Crippen molar-refractivity contribution < 1.29 is 18.3 Å². The zero-order valence-electron chi connectivity index (χ0n) is 10.8. The highest BCUT2D eigenvalue weighted by Gasteiger charge is 2.32. The molecule has 2 rings (SSSR count). The van der Waals surface area contributed by atoms with Crippen LogP contribution in [0, 0.1) is 0 Å². The highest BCUT2D eigenvalue weighted by Crippen LogP contribution is 2.26. The first-order valence-electron chi connectivity index (χ1n) is 6.32. The lowest BCUT2D eigenvalue weighted by Crippen LogP contribution is -2.49. The van der Waals surface area contributed by atoms with Gasteiger partial charge in [0, 0.05) is 42.5 Å². The maximum Gasteiger partial charge on any atom is 0.401 e. The summed E-state index contributed by atoms with van der Waals surface area (Å²) in [6.45, 7) is 0.680. The quantitative estimate of drug-likeness (QED) is 0.929. The molecule has 1 aromatic rings. The summed E-state index contributed by atoms with van der Waals surface area (Å²) in [4.78, 5) is 3.35. The number of piperazine rings is 1. The molecule has 0 saturated carbocycles. The molecule has 0 amide bonds. The number of benzene rings is 1. The zero-order chi connectivity index (χ0) is 14.8. The molecule has 1 heterocycles. The van der Waals surface area contributed by atoms with Crippen LogP contribution in [0.2, 0.25) is 5.02 Å². The van der Waals surface area contributed by atoms with E-state index in [2.05, 4.69) is 0 Å². The van der Waals surface area contributed by atoms with E-state index in [9.17, 15) is 18.3 Å². The van der Waals surface area contributed by atoms with Crippen molar-refractivity contribution in [1.82, 2.24) is 4.90 Å². The van der Waals surface area contributed by atoms with Crippen molar-refractivity contribution in [3.8, 4) is 0 Å². The van der Waals surface area contributed by atoms with Gasteiger partial charge >= 0.3 is 6.18 Å². The van der Waals surface area contributed by atoms with Gasteiger partial charge < -0.3 is 10.0 Å². The van der Waals surface area contributed by atoms with Crippen molar-refractivity contribution in [2.75, 3.05) is 37.6 Å². The predicted molar refractivity (Wildman–Crippen MR) is 72.1 cm³/mol. The molecule has 112 valence electrons. The van der Waals surface area contributed by atoms with Gasteiger partial charge in [-0.05, 0) is 12.1 Å². The fourth-order valence-electron chi connectivity index (χ4n) is 2.37. The van der Waals surface area contributed by atoms with Crippen LogP contribution in [0.1, 0.15) is 5.56 Å². The average molecular weight is 309 g/mol. The highest BCUT2D eigenvalue weighted by atomic mass is 35.5. The summed E-state index contributed by atoms with van der Waals surface area (Å²) < 4.78 is 37.0. The third kappa shape index (κ3) is 4.01. The van der Waals surface area contributed by atoms with Gasteiger partial charge in [0.25, 0.3) is 0 Å². The average Bonchev–Trinajstić information content (AvgIpc) is 2.38. The van der Waals surface area contributed by atoms with E-state index in [0.29, 0.717) is 31.2 Å². The van der Waals surface area contributed by atoms with Crippen LogP contribution in [-0.4, -0.2) is 48.9 Å². The van der Waals surface area contributed by atoms with E-state index >= 15 is 0 Å². The molecule has 0 aromatic heterocycles. The third-order valence-corrected chi connectivity index (χ3v) is 3.57. The standard InChI is InChI=1S/C13H16ClF3N2O/c14-11-2-1-10(8-20)12(7-11)19-5-3-18(4-6-19)9-13(15,16)17/h1-2,7,20H,3-6,8-9H2. The Morgan fingerprint density at radius 3 is 2.35 bits per heavy atom. The van der Waals surface area contributed by atoms with Gasteiger partial charge in [-0.3, -0.25) is 4.90 Å². The lowest BCUT2D eigenvalue weighted by Gasteiger charge is -2.37. The second kappa shape index (κ2) is 6.20. The largest absolute Gasteiger partial charge is 0.401 e. The Hall–Kier alpha value is -0.980. The smallest absolute Gasteiger partial charge is 0.392 e. The first-order valence-corrected chi connectivity index (χ1v) is 6.70. The van der Waals surface area contributed by atoms with Gasteiger partial charge in [-0.2, -0.15) is 13.2 Å². The van der Waals surface area contributed by atoms with Crippen molar-refractivity contribution in [3.05, 3.63) is 28.8 Å². The van der Waals surface area contributed by atoms with E-state index in [4.69, 9.17) is 11.6 Å². The molecule has 0 radical (unpaired) electrons. The fourth-order valence-corrected chi connectivity index (χ4v) is 2.53. The molecular formula is C13H16ClF3N2O. The lowest BCUT2D eigenvalue weighted by molar-refractivity contribution is -0.146. The molecule has 1 fully saturated rings. The number of alkyl halides is 3. The summed E-state index contributed by atoms with van der Waals surface area (Å²) in [5.74, 6) is 0. The monoisotopic (exact) mass is 308 g/mol. The molecule has 3 nitrogen and oxygen atoms in total. The summed E-state index contributed by atoms with van der Waals surface area (Å²) in [5, 5.41) is 9.87. The number of hydrogen-bond acceptors (Lipinski definition) is 3. The Labute approximate surface area is 120 Å². The first kappa shape index (κ1) is 15.4. The van der Waals surface area contributed by atoms with Crippen LogP contribution in [0.15, 0.2) is 18.2 Å². The van der Waals surface area contributed by atoms with Crippen molar-refractivity contribution in [2.24, 2.45) is 0 Å². The van der Waals surface area contributed by atoms with E-state index in [1.165, 1.54) is 4.90 Å². The molecule has 1 aliphatic rings. The molecule has 20 heavy (non-hydrogen) atoms. The van der Waals surface area contributed by atoms with Gasteiger partial charge in [0.1, 0.15) is 0 Å². The summed E-state index contributed by atoms with van der Waals surface area (Å²) in [5.41, 5.74) is 1.53. The Bertz CT molecular complexity index is 459. The molecule has 0 unspecified atom stereocenters. The van der Waals surface area contributed by atoms with Crippen LogP contribution in [0.4, 0.5) is 18.9 Å². The van der Waals surface area contributed by atoms with Crippen LogP contribution < -0.4 is 4.90 Å². The van der Waals surface area contributed by atoms with Crippen molar-refractivity contribution in [3.63, 3.8) is 0 Å². The Morgan fingerprint density at radius 1 is 1.15 bits per heavy atom. The fraction of sp³-hybridized carbons (Fsp3) is 0.538. The molecular weight excluding hydrogens is 293 g/mol. The number of nitrogens with zero attached hydrogens (tertiary/aromatic N) is 2. The Morgan fingerprint density at radius 2 is 1.80 bits per heavy atom. The number of anilines is 1. The second-order valence-corrected chi connectivity index (χ2v) is 5.25. The number of aliphatic hydroxyl groups excluding tert-OH is 1. The van der Waals surface area contributed by atoms with E-state index < -0.39 is 12.7 Å². The SMILES string of the molecule is OCc1ccc(Cl)cc1N1CCN(CC(F)(F)F)CC1. The van der Waals surface area contributed by atoms with E-state index in [0.717, 1.165) is 11.3 Å². The molecule has 1 aromatic carbocycles. The summed E-state index contributed by atoms with van der Waals surface area (Å²) in [6.07, 6.45) is -4.16. The second-order valence-electron chi connectivity index (χ2n) is 4.81. The molecule has 0 atom stereocenters. The van der Waals surface area contributed by atoms with E-state index in [-0.39, 0.29) is 6.61 Å². The molecule has 0 aliphatic carbocycles. The molecule has 0 bridgehead atoms. The summed E-state index contributed by atoms with van der Waals surface area (Å²) in [6, 6.07) is 5.17.